The van der Waals surface area contributed by atoms with Crippen molar-refractivity contribution in [1.29, 1.82) is 0 Å². The van der Waals surface area contributed by atoms with Crippen LogP contribution in [0.1, 0.15) is 24.1 Å². The van der Waals surface area contributed by atoms with E-state index in [9.17, 15) is 0 Å². The van der Waals surface area contributed by atoms with Crippen molar-refractivity contribution in [2.24, 2.45) is 0 Å². The number of hydrogen-bond donors (Lipinski definition) is 0. The third-order valence-electron chi connectivity index (χ3n) is 4.54. The average molecular weight is 303 g/mol. The predicted octanol–water partition coefficient (Wildman–Crippen LogP) is 3.60. The first-order valence-electron chi connectivity index (χ1n) is 7.77. The van der Waals surface area contributed by atoms with Gasteiger partial charge in [-0.15, -0.1) is 0 Å². The first-order chi connectivity index (χ1) is 10.3. The van der Waals surface area contributed by atoms with Gasteiger partial charge in [-0.25, -0.2) is 0 Å². The second-order valence-corrected chi connectivity index (χ2v) is 6.24. The fraction of sp³-hybridized carbons (Fsp3) is 0.471. The van der Waals surface area contributed by atoms with Crippen LogP contribution in [0, 0.1) is 0 Å². The van der Waals surface area contributed by atoms with E-state index in [1.165, 1.54) is 35.2 Å². The summed E-state index contributed by atoms with van der Waals surface area (Å²) in [6, 6.07) is 6.13. The molecule has 0 saturated carbocycles. The lowest BCUT2D eigenvalue weighted by atomic mass is 9.92. The molecule has 21 heavy (non-hydrogen) atoms. The normalized spacial score (nSPS) is 18.8. The standard InChI is InChI=1S/C17H19ClN2O/c18-14-6-3-5-13-16(14)19-15-7-2-1-4-12(15)17(13)20-8-10-21-11-9-20/h3,5-6H,1-2,4,7-11H2. The van der Waals surface area contributed by atoms with Crippen LogP contribution in [0.4, 0.5) is 5.69 Å². The van der Waals surface area contributed by atoms with E-state index >= 15 is 0 Å². The molecule has 1 aromatic carbocycles. The smallest absolute Gasteiger partial charge is 0.0912 e. The lowest BCUT2D eigenvalue weighted by molar-refractivity contribution is 0.122. The third-order valence-corrected chi connectivity index (χ3v) is 4.85. The Morgan fingerprint density at radius 1 is 1.10 bits per heavy atom. The summed E-state index contributed by atoms with van der Waals surface area (Å²) >= 11 is 6.40. The zero-order chi connectivity index (χ0) is 14.2. The van der Waals surface area contributed by atoms with Crippen LogP contribution in [0.5, 0.6) is 0 Å². The maximum atomic E-state index is 6.40. The number of nitrogens with zero attached hydrogens (tertiary/aromatic N) is 2. The highest BCUT2D eigenvalue weighted by Gasteiger charge is 2.23. The number of halogens is 1. The zero-order valence-electron chi connectivity index (χ0n) is 12.1. The Bertz CT molecular complexity index is 680. The lowest BCUT2D eigenvalue weighted by Gasteiger charge is -2.33. The summed E-state index contributed by atoms with van der Waals surface area (Å²) in [7, 11) is 0. The van der Waals surface area contributed by atoms with Crippen molar-refractivity contribution in [1.82, 2.24) is 4.98 Å². The Morgan fingerprint density at radius 3 is 2.76 bits per heavy atom. The minimum Gasteiger partial charge on any atom is -0.378 e. The van der Waals surface area contributed by atoms with E-state index in [1.807, 2.05) is 12.1 Å². The van der Waals surface area contributed by atoms with Gasteiger partial charge >= 0.3 is 0 Å². The van der Waals surface area contributed by atoms with E-state index in [1.54, 1.807) is 0 Å². The van der Waals surface area contributed by atoms with Gasteiger partial charge in [-0.3, -0.25) is 4.98 Å². The third kappa shape index (κ3) is 2.29. The quantitative estimate of drug-likeness (QED) is 0.805. The number of rotatable bonds is 1. The number of benzene rings is 1. The first kappa shape index (κ1) is 13.4. The molecule has 0 radical (unpaired) electrons. The molecule has 0 spiro atoms. The van der Waals surface area contributed by atoms with Gasteiger partial charge in [-0.1, -0.05) is 23.7 Å². The number of aryl methyl sites for hydroxylation is 1. The van der Waals surface area contributed by atoms with Gasteiger partial charge in [0.2, 0.25) is 0 Å². The van der Waals surface area contributed by atoms with Crippen LogP contribution in [0.25, 0.3) is 10.9 Å². The van der Waals surface area contributed by atoms with Crippen molar-refractivity contribution in [2.45, 2.75) is 25.7 Å². The molecule has 2 aromatic rings. The Morgan fingerprint density at radius 2 is 1.90 bits per heavy atom. The van der Waals surface area contributed by atoms with Crippen LogP contribution in [-0.4, -0.2) is 31.3 Å². The van der Waals surface area contributed by atoms with Crippen molar-refractivity contribution in [3.63, 3.8) is 0 Å². The van der Waals surface area contributed by atoms with E-state index < -0.39 is 0 Å². The molecule has 1 fully saturated rings. The van der Waals surface area contributed by atoms with Crippen molar-refractivity contribution < 1.29 is 4.74 Å². The summed E-state index contributed by atoms with van der Waals surface area (Å²) in [6.07, 6.45) is 4.71. The van der Waals surface area contributed by atoms with Gasteiger partial charge < -0.3 is 9.64 Å². The van der Waals surface area contributed by atoms with Crippen LogP contribution >= 0.6 is 11.6 Å². The van der Waals surface area contributed by atoms with Crippen molar-refractivity contribution in [2.75, 3.05) is 31.2 Å². The second-order valence-electron chi connectivity index (χ2n) is 5.83. The van der Waals surface area contributed by atoms with Crippen molar-refractivity contribution >= 4 is 28.2 Å². The summed E-state index contributed by atoms with van der Waals surface area (Å²) in [5, 5.41) is 1.96. The van der Waals surface area contributed by atoms with Gasteiger partial charge in [-0.05, 0) is 37.3 Å². The number of hydrogen-bond acceptors (Lipinski definition) is 3. The maximum absolute atomic E-state index is 6.40. The highest BCUT2D eigenvalue weighted by molar-refractivity contribution is 6.35. The molecule has 1 aliphatic heterocycles. The number of fused-ring (bicyclic) bond motifs is 2. The molecule has 0 bridgehead atoms. The summed E-state index contributed by atoms with van der Waals surface area (Å²) in [5.74, 6) is 0. The van der Waals surface area contributed by atoms with Crippen LogP contribution in [0.3, 0.4) is 0 Å². The molecular formula is C17H19ClN2O. The van der Waals surface area contributed by atoms with E-state index in [0.717, 1.165) is 49.7 Å². The van der Waals surface area contributed by atoms with Crippen LogP contribution in [0.2, 0.25) is 5.02 Å². The van der Waals surface area contributed by atoms with Crippen LogP contribution in [0.15, 0.2) is 18.2 Å². The summed E-state index contributed by atoms with van der Waals surface area (Å²) in [5.41, 5.74) is 5.02. The molecule has 1 aliphatic carbocycles. The molecule has 0 atom stereocenters. The van der Waals surface area contributed by atoms with Crippen LogP contribution in [-0.2, 0) is 17.6 Å². The molecule has 110 valence electrons. The van der Waals surface area contributed by atoms with Gasteiger partial charge in [0.25, 0.3) is 0 Å². The molecule has 3 nitrogen and oxygen atoms in total. The fourth-order valence-electron chi connectivity index (χ4n) is 3.53. The molecule has 0 unspecified atom stereocenters. The highest BCUT2D eigenvalue weighted by atomic mass is 35.5. The Labute approximate surface area is 129 Å². The Balaban J connectivity index is 1.98. The number of para-hydroxylation sites is 1. The lowest BCUT2D eigenvalue weighted by Crippen LogP contribution is -2.37. The molecule has 1 aromatic heterocycles. The van der Waals surface area contributed by atoms with Gasteiger partial charge in [-0.2, -0.15) is 0 Å². The molecule has 2 aliphatic rings. The van der Waals surface area contributed by atoms with Gasteiger partial charge in [0.15, 0.2) is 0 Å². The molecule has 0 amide bonds. The average Bonchev–Trinajstić information content (AvgIpc) is 2.54. The Hall–Kier alpha value is -1.32. The van der Waals surface area contributed by atoms with Crippen LogP contribution < -0.4 is 4.90 Å². The molecule has 2 heterocycles. The van der Waals surface area contributed by atoms with E-state index in [0.29, 0.717) is 0 Å². The van der Waals surface area contributed by atoms with E-state index in [4.69, 9.17) is 21.3 Å². The number of ether oxygens (including phenoxy) is 1. The van der Waals surface area contributed by atoms with Crippen molar-refractivity contribution in [3.8, 4) is 0 Å². The minimum absolute atomic E-state index is 0.760. The highest BCUT2D eigenvalue weighted by Crippen LogP contribution is 2.38. The summed E-state index contributed by atoms with van der Waals surface area (Å²) in [4.78, 5) is 7.35. The topological polar surface area (TPSA) is 25.4 Å². The first-order valence-corrected chi connectivity index (χ1v) is 8.15. The summed E-state index contributed by atoms with van der Waals surface area (Å²) < 4.78 is 5.52. The zero-order valence-corrected chi connectivity index (χ0v) is 12.8. The molecule has 0 N–H and O–H groups in total. The van der Waals surface area contributed by atoms with E-state index in [-0.39, 0.29) is 0 Å². The van der Waals surface area contributed by atoms with Crippen molar-refractivity contribution in [3.05, 3.63) is 34.5 Å². The van der Waals surface area contributed by atoms with Gasteiger partial charge in [0.1, 0.15) is 0 Å². The van der Waals surface area contributed by atoms with E-state index in [2.05, 4.69) is 11.0 Å². The van der Waals surface area contributed by atoms with Gasteiger partial charge in [0, 0.05) is 24.2 Å². The molecule has 1 saturated heterocycles. The predicted molar refractivity (Wildman–Crippen MR) is 86.4 cm³/mol. The minimum atomic E-state index is 0.760. The SMILES string of the molecule is Clc1cccc2c(N3CCOCC3)c3c(nc12)CCCC3. The fourth-order valence-corrected chi connectivity index (χ4v) is 3.75. The molecular weight excluding hydrogens is 284 g/mol. The number of pyridine rings is 1. The Kier molecular flexibility index (Phi) is 3.48. The monoisotopic (exact) mass is 302 g/mol. The second kappa shape index (κ2) is 5.47. The summed E-state index contributed by atoms with van der Waals surface area (Å²) in [6.45, 7) is 3.52. The number of anilines is 1. The number of aromatic nitrogens is 1. The maximum Gasteiger partial charge on any atom is 0.0912 e. The largest absolute Gasteiger partial charge is 0.378 e. The number of morpholine rings is 1. The molecule has 4 rings (SSSR count). The molecule has 4 heteroatoms. The van der Waals surface area contributed by atoms with Gasteiger partial charge in [0.05, 0.1) is 29.4 Å².